The molecule has 0 spiro atoms. The summed E-state index contributed by atoms with van der Waals surface area (Å²) < 4.78 is 0. The first kappa shape index (κ1) is 8.87. The molecule has 0 saturated carbocycles. The second kappa shape index (κ2) is 3.45. The molecule has 4 heteroatoms. The summed E-state index contributed by atoms with van der Waals surface area (Å²) in [6.07, 6.45) is 0. The zero-order chi connectivity index (χ0) is 9.14. The molecule has 0 aliphatic carbocycles. The number of nitrogens with one attached hydrogen (secondary N) is 1. The number of carbonyl (C=O) groups is 1. The minimum atomic E-state index is -0.609. The van der Waals surface area contributed by atoms with E-state index in [1.807, 2.05) is 13.0 Å². The van der Waals surface area contributed by atoms with Crippen molar-refractivity contribution in [3.05, 3.63) is 28.8 Å². The van der Waals surface area contributed by atoms with E-state index in [-0.39, 0.29) is 0 Å². The average molecular weight is 185 g/mol. The Morgan fingerprint density at radius 3 is 2.83 bits per heavy atom. The summed E-state index contributed by atoms with van der Waals surface area (Å²) in [5.74, 6) is 0. The molecule has 64 valence electrons. The Labute approximate surface area is 75.5 Å². The molecule has 0 fully saturated rings. The third-order valence-corrected chi connectivity index (χ3v) is 1.95. The highest BCUT2D eigenvalue weighted by Gasteiger charge is 2.03. The van der Waals surface area contributed by atoms with E-state index >= 15 is 0 Å². The van der Waals surface area contributed by atoms with Gasteiger partial charge in [0.1, 0.15) is 0 Å². The van der Waals surface area contributed by atoms with Crippen molar-refractivity contribution >= 4 is 23.3 Å². The van der Waals surface area contributed by atoms with Crippen LogP contribution in [0.1, 0.15) is 5.56 Å². The number of amides is 2. The van der Waals surface area contributed by atoms with Gasteiger partial charge in [-0.1, -0.05) is 23.7 Å². The van der Waals surface area contributed by atoms with Crippen LogP contribution in [0, 0.1) is 6.92 Å². The van der Waals surface area contributed by atoms with Gasteiger partial charge in [0, 0.05) is 0 Å². The molecule has 0 aliphatic heterocycles. The summed E-state index contributed by atoms with van der Waals surface area (Å²) in [6.45, 7) is 1.86. The van der Waals surface area contributed by atoms with Crippen molar-refractivity contribution in [2.75, 3.05) is 5.32 Å². The number of halogens is 1. The molecule has 1 aromatic carbocycles. The normalized spacial score (nSPS) is 9.50. The molecule has 3 nitrogen and oxygen atoms in total. The summed E-state index contributed by atoms with van der Waals surface area (Å²) in [7, 11) is 0. The Balaban J connectivity index is 3.00. The molecule has 0 unspecified atom stereocenters. The quantitative estimate of drug-likeness (QED) is 0.690. The molecule has 0 atom stereocenters. The molecule has 0 heterocycles. The van der Waals surface area contributed by atoms with Gasteiger partial charge in [0.15, 0.2) is 0 Å². The Bertz CT molecular complexity index is 312. The fraction of sp³-hybridized carbons (Fsp3) is 0.125. The third-order valence-electron chi connectivity index (χ3n) is 1.45. The molecule has 1 rings (SSSR count). The molecule has 0 bridgehead atoms. The van der Waals surface area contributed by atoms with Crippen LogP contribution in [-0.2, 0) is 0 Å². The molecule has 1 aromatic rings. The van der Waals surface area contributed by atoms with Gasteiger partial charge in [-0.3, -0.25) is 0 Å². The number of primary amides is 1. The van der Waals surface area contributed by atoms with E-state index in [1.54, 1.807) is 12.1 Å². The fourth-order valence-corrected chi connectivity index (χ4v) is 1.05. The fourth-order valence-electron chi connectivity index (χ4n) is 0.877. The lowest BCUT2D eigenvalue weighted by Crippen LogP contribution is -2.19. The summed E-state index contributed by atoms with van der Waals surface area (Å²) in [5.41, 5.74) is 6.39. The van der Waals surface area contributed by atoms with Crippen LogP contribution in [0.25, 0.3) is 0 Å². The van der Waals surface area contributed by atoms with Crippen LogP contribution in [0.5, 0.6) is 0 Å². The van der Waals surface area contributed by atoms with E-state index in [4.69, 9.17) is 17.3 Å². The number of hydrogen-bond acceptors (Lipinski definition) is 1. The van der Waals surface area contributed by atoms with E-state index in [9.17, 15) is 4.79 Å². The minimum Gasteiger partial charge on any atom is -0.351 e. The highest BCUT2D eigenvalue weighted by molar-refractivity contribution is 6.34. The maximum absolute atomic E-state index is 10.5. The van der Waals surface area contributed by atoms with Crippen molar-refractivity contribution in [2.24, 2.45) is 5.73 Å². The van der Waals surface area contributed by atoms with E-state index in [0.29, 0.717) is 10.7 Å². The van der Waals surface area contributed by atoms with Gasteiger partial charge in [0.05, 0.1) is 10.7 Å². The van der Waals surface area contributed by atoms with E-state index in [2.05, 4.69) is 5.32 Å². The zero-order valence-corrected chi connectivity index (χ0v) is 7.35. The molecule has 0 radical (unpaired) electrons. The van der Waals surface area contributed by atoms with Crippen molar-refractivity contribution in [2.45, 2.75) is 6.92 Å². The average Bonchev–Trinajstić information content (AvgIpc) is 1.98. The van der Waals surface area contributed by atoms with E-state index in [0.717, 1.165) is 5.56 Å². The molecule has 12 heavy (non-hydrogen) atoms. The van der Waals surface area contributed by atoms with Crippen LogP contribution in [0.4, 0.5) is 10.5 Å². The Morgan fingerprint density at radius 1 is 1.58 bits per heavy atom. The Morgan fingerprint density at radius 2 is 2.25 bits per heavy atom. The lowest BCUT2D eigenvalue weighted by molar-refractivity contribution is 0.259. The van der Waals surface area contributed by atoms with Crippen molar-refractivity contribution in [1.29, 1.82) is 0 Å². The highest BCUT2D eigenvalue weighted by atomic mass is 35.5. The predicted octanol–water partition coefficient (Wildman–Crippen LogP) is 2.14. The molecular weight excluding hydrogens is 176 g/mol. The van der Waals surface area contributed by atoms with Crippen LogP contribution < -0.4 is 11.1 Å². The molecule has 0 saturated heterocycles. The van der Waals surface area contributed by atoms with Gasteiger partial charge in [-0.2, -0.15) is 0 Å². The number of aryl methyl sites for hydroxylation is 1. The topological polar surface area (TPSA) is 55.1 Å². The van der Waals surface area contributed by atoms with Crippen molar-refractivity contribution in [3.63, 3.8) is 0 Å². The van der Waals surface area contributed by atoms with Gasteiger partial charge < -0.3 is 11.1 Å². The number of urea groups is 1. The van der Waals surface area contributed by atoms with Crippen molar-refractivity contribution in [3.8, 4) is 0 Å². The summed E-state index contributed by atoms with van der Waals surface area (Å²) in [4.78, 5) is 10.5. The largest absolute Gasteiger partial charge is 0.351 e. The molecule has 0 aliphatic rings. The summed E-state index contributed by atoms with van der Waals surface area (Å²) in [6, 6.07) is 4.74. The number of anilines is 1. The standard InChI is InChI=1S/C8H9ClN2O/c1-5-3-2-4-6(7(5)9)11-8(10)12/h2-4H,1H3,(H3,10,11,12). The van der Waals surface area contributed by atoms with Gasteiger partial charge >= 0.3 is 6.03 Å². The highest BCUT2D eigenvalue weighted by Crippen LogP contribution is 2.24. The van der Waals surface area contributed by atoms with Crippen LogP contribution in [-0.4, -0.2) is 6.03 Å². The van der Waals surface area contributed by atoms with Gasteiger partial charge in [0.2, 0.25) is 0 Å². The second-order valence-electron chi connectivity index (χ2n) is 2.43. The van der Waals surface area contributed by atoms with Gasteiger partial charge in [0.25, 0.3) is 0 Å². The SMILES string of the molecule is Cc1cccc(NC(N)=O)c1Cl. The van der Waals surface area contributed by atoms with Crippen LogP contribution in [0.3, 0.4) is 0 Å². The van der Waals surface area contributed by atoms with Gasteiger partial charge in [-0.05, 0) is 18.6 Å². The summed E-state index contributed by atoms with van der Waals surface area (Å²) in [5, 5.41) is 2.95. The van der Waals surface area contributed by atoms with Gasteiger partial charge in [-0.25, -0.2) is 4.79 Å². The third kappa shape index (κ3) is 1.89. The maximum Gasteiger partial charge on any atom is 0.316 e. The molecule has 3 N–H and O–H groups in total. The number of benzene rings is 1. The Hall–Kier alpha value is -1.22. The molecule has 0 aromatic heterocycles. The van der Waals surface area contributed by atoms with Crippen LogP contribution >= 0.6 is 11.6 Å². The first-order chi connectivity index (χ1) is 5.61. The lowest BCUT2D eigenvalue weighted by atomic mass is 10.2. The van der Waals surface area contributed by atoms with Crippen LogP contribution in [0.2, 0.25) is 5.02 Å². The Kier molecular flexibility index (Phi) is 2.55. The van der Waals surface area contributed by atoms with Crippen molar-refractivity contribution < 1.29 is 4.79 Å². The molecule has 2 amide bonds. The van der Waals surface area contributed by atoms with E-state index < -0.39 is 6.03 Å². The number of nitrogens with two attached hydrogens (primary N) is 1. The maximum atomic E-state index is 10.5. The zero-order valence-electron chi connectivity index (χ0n) is 6.60. The van der Waals surface area contributed by atoms with Crippen LogP contribution in [0.15, 0.2) is 18.2 Å². The smallest absolute Gasteiger partial charge is 0.316 e. The van der Waals surface area contributed by atoms with Gasteiger partial charge in [-0.15, -0.1) is 0 Å². The number of rotatable bonds is 1. The number of carbonyl (C=O) groups excluding carboxylic acids is 1. The second-order valence-corrected chi connectivity index (χ2v) is 2.80. The first-order valence-electron chi connectivity index (χ1n) is 3.43. The number of hydrogen-bond donors (Lipinski definition) is 2. The predicted molar refractivity (Wildman–Crippen MR) is 49.4 cm³/mol. The van der Waals surface area contributed by atoms with E-state index in [1.165, 1.54) is 0 Å². The first-order valence-corrected chi connectivity index (χ1v) is 3.80. The minimum absolute atomic E-state index is 0.524. The summed E-state index contributed by atoms with van der Waals surface area (Å²) >= 11 is 5.87. The van der Waals surface area contributed by atoms with Crippen molar-refractivity contribution in [1.82, 2.24) is 0 Å². The monoisotopic (exact) mass is 184 g/mol. The lowest BCUT2D eigenvalue weighted by Gasteiger charge is -2.05. The molecular formula is C8H9ClN2O.